The van der Waals surface area contributed by atoms with E-state index in [1.54, 1.807) is 0 Å². The first kappa shape index (κ1) is 29.2. The van der Waals surface area contributed by atoms with Crippen LogP contribution < -0.4 is 16.9 Å². The number of H-pyrrole nitrogens is 2. The fraction of sp³-hybridized carbons (Fsp3) is 0.524. The van der Waals surface area contributed by atoms with E-state index in [1.165, 1.54) is 23.2 Å². The Bertz CT molecular complexity index is 1800. The number of aliphatic hydroxyl groups excluding tert-OH is 2. The number of fused-ring (bicyclic) bond motifs is 2. The number of thioether (sulfide) groups is 1. The first-order chi connectivity index (χ1) is 20.0. The lowest BCUT2D eigenvalue weighted by Crippen LogP contribution is -2.32. The Morgan fingerprint density at radius 3 is 2.81 bits per heavy atom. The van der Waals surface area contributed by atoms with Crippen LogP contribution in [-0.2, 0) is 21.1 Å². The average Bonchev–Trinajstić information content (AvgIpc) is 3.70. The van der Waals surface area contributed by atoms with Crippen LogP contribution in [0.5, 0.6) is 0 Å². The maximum atomic E-state index is 15.6. The molecule has 6 heterocycles. The Morgan fingerprint density at radius 1 is 1.26 bits per heavy atom. The maximum absolute atomic E-state index is 15.6. The molecule has 0 saturated carbocycles. The van der Waals surface area contributed by atoms with Crippen molar-refractivity contribution in [1.82, 2.24) is 39.5 Å². The number of aromatic amines is 2. The molecule has 16 nitrogen and oxygen atoms in total. The number of halogens is 2. The predicted molar refractivity (Wildman–Crippen MR) is 149 cm³/mol. The minimum Gasteiger partial charge on any atom is -0.395 e. The first-order valence-corrected chi connectivity index (χ1v) is 16.2. The van der Waals surface area contributed by atoms with Gasteiger partial charge in [0.2, 0.25) is 5.95 Å². The third-order valence-corrected chi connectivity index (χ3v) is 11.9. The zero-order valence-corrected chi connectivity index (χ0v) is 23.8. The van der Waals surface area contributed by atoms with Gasteiger partial charge in [0.15, 0.2) is 30.1 Å². The highest BCUT2D eigenvalue weighted by Gasteiger charge is 2.54. The molecule has 0 aliphatic carbocycles. The number of anilines is 1. The molecule has 9 atom stereocenters. The number of alkyl halides is 2. The van der Waals surface area contributed by atoms with Gasteiger partial charge in [-0.3, -0.25) is 14.6 Å². The quantitative estimate of drug-likeness (QED) is 0.132. The van der Waals surface area contributed by atoms with Crippen molar-refractivity contribution in [2.24, 2.45) is 0 Å². The average molecular weight is 648 g/mol. The Balaban J connectivity index is 1.19. The van der Waals surface area contributed by atoms with Gasteiger partial charge in [0.1, 0.15) is 23.3 Å². The number of aromatic nitrogens is 8. The highest BCUT2D eigenvalue weighted by atomic mass is 32.5. The van der Waals surface area contributed by atoms with E-state index < -0.39 is 71.3 Å². The third kappa shape index (κ3) is 4.84. The topological polar surface area (TPSA) is 232 Å². The molecular weight excluding hydrogens is 623 g/mol. The number of nitrogen functional groups attached to an aromatic ring is 1. The van der Waals surface area contributed by atoms with Crippen molar-refractivity contribution in [3.8, 4) is 0 Å². The van der Waals surface area contributed by atoms with Gasteiger partial charge in [-0.05, 0) is 17.9 Å². The fourth-order valence-electron chi connectivity index (χ4n) is 5.17. The van der Waals surface area contributed by atoms with E-state index in [2.05, 4.69) is 30.2 Å². The minimum atomic E-state index is -4.03. The summed E-state index contributed by atoms with van der Waals surface area (Å²) in [5.74, 6) is -0.235. The SMILES string of the molecule is Nc1nc2c(nnn2[C@@H]2S[C@H](CO)[C@@H](F)[C@H]2P(O)(=S)OCC[C@H]2O[C@@H](n3ccc4c(=O)[nH]cnc43)[C@@H](F)[C@@H]2O)c(=O)[nH]1. The van der Waals surface area contributed by atoms with Crippen molar-refractivity contribution in [2.45, 2.75) is 53.5 Å². The molecule has 2 fully saturated rings. The van der Waals surface area contributed by atoms with E-state index >= 15 is 8.78 Å². The van der Waals surface area contributed by atoms with E-state index in [1.807, 2.05) is 0 Å². The summed E-state index contributed by atoms with van der Waals surface area (Å²) in [5, 5.41) is 26.1. The van der Waals surface area contributed by atoms with Crippen LogP contribution in [-0.4, -0.2) is 103 Å². The molecule has 2 aliphatic heterocycles. The number of ether oxygens (including phenoxy) is 1. The zero-order valence-electron chi connectivity index (χ0n) is 21.2. The van der Waals surface area contributed by atoms with E-state index in [0.717, 1.165) is 16.4 Å². The van der Waals surface area contributed by atoms with Gasteiger partial charge >= 0.3 is 0 Å². The van der Waals surface area contributed by atoms with E-state index in [4.69, 9.17) is 26.8 Å². The van der Waals surface area contributed by atoms with Gasteiger partial charge in [-0.1, -0.05) is 5.21 Å². The summed E-state index contributed by atoms with van der Waals surface area (Å²) in [6.45, 7) is -4.96. The molecule has 7 N–H and O–H groups in total. The monoisotopic (exact) mass is 647 g/mol. The molecule has 0 amide bonds. The molecule has 21 heteroatoms. The summed E-state index contributed by atoms with van der Waals surface area (Å²) in [5.41, 5.74) is 3.07. The molecule has 4 aromatic heterocycles. The Morgan fingerprint density at radius 2 is 2.05 bits per heavy atom. The number of hydrogen-bond donors (Lipinski definition) is 6. The standard InChI is InChI=1S/C21H24F2N9O7PS2/c22-10-9(5-33)42-20(32-16-12(29-30-32)18(36)28-21(24)27-16)14(10)40(37,41)38-4-2-8-13(34)11(23)19(39-8)31-3-1-7-15(31)25-6-26-17(7)35/h1,3,6,8-11,13-14,19-20,33-34H,2,4-5H2,(H,37,41)(H,25,26,35)(H3,24,27,28,36)/t8-,9-,10-,11+,13-,14-,19-,20-,40?/m1/s1. The molecule has 2 saturated heterocycles. The highest BCUT2D eigenvalue weighted by Crippen LogP contribution is 2.62. The van der Waals surface area contributed by atoms with Crippen LogP contribution in [0.15, 0.2) is 28.2 Å². The van der Waals surface area contributed by atoms with Gasteiger partial charge in [0.05, 0.1) is 41.9 Å². The largest absolute Gasteiger partial charge is 0.395 e. The Kier molecular flexibility index (Phi) is 7.67. The highest BCUT2D eigenvalue weighted by molar-refractivity contribution is 8.10. The zero-order chi connectivity index (χ0) is 29.9. The number of hydrogen-bond acceptors (Lipinski definition) is 13. The van der Waals surface area contributed by atoms with Gasteiger partial charge in [0, 0.05) is 12.6 Å². The van der Waals surface area contributed by atoms with Gasteiger partial charge in [-0.2, -0.15) is 4.98 Å². The number of nitrogens with one attached hydrogen (secondary N) is 2. The first-order valence-electron chi connectivity index (χ1n) is 12.5. The van der Waals surface area contributed by atoms with Crippen LogP contribution in [0, 0.1) is 0 Å². The fourth-order valence-corrected chi connectivity index (χ4v) is 10.0. The van der Waals surface area contributed by atoms with E-state index in [0.29, 0.717) is 0 Å². The molecule has 2 aliphatic rings. The maximum Gasteiger partial charge on any atom is 0.282 e. The van der Waals surface area contributed by atoms with Crippen LogP contribution in [0.25, 0.3) is 22.2 Å². The van der Waals surface area contributed by atoms with Crippen LogP contribution in [0.1, 0.15) is 18.0 Å². The normalized spacial score (nSPS) is 31.3. The number of aliphatic hydroxyl groups is 2. The molecule has 0 aromatic carbocycles. The summed E-state index contributed by atoms with van der Waals surface area (Å²) in [7, 11) is 0. The Labute approximate surface area is 242 Å². The van der Waals surface area contributed by atoms with Crippen LogP contribution in [0.2, 0.25) is 0 Å². The van der Waals surface area contributed by atoms with Crippen LogP contribution in [0.4, 0.5) is 14.7 Å². The van der Waals surface area contributed by atoms with Crippen molar-refractivity contribution in [3.05, 3.63) is 39.3 Å². The minimum absolute atomic E-state index is 0.0731. The van der Waals surface area contributed by atoms with Crippen molar-refractivity contribution in [3.63, 3.8) is 0 Å². The van der Waals surface area contributed by atoms with Gasteiger partial charge in [-0.25, -0.2) is 18.4 Å². The van der Waals surface area contributed by atoms with Gasteiger partial charge < -0.3 is 39.7 Å². The molecule has 6 rings (SSSR count). The van der Waals surface area contributed by atoms with E-state index in [-0.39, 0.29) is 41.2 Å². The summed E-state index contributed by atoms with van der Waals surface area (Å²) in [6, 6.07) is 1.45. The second-order valence-corrected chi connectivity index (χ2v) is 14.6. The lowest BCUT2D eigenvalue weighted by atomic mass is 10.1. The number of nitrogens with zero attached hydrogens (tertiary/aromatic N) is 6. The molecular formula is C21H24F2N9O7PS2. The lowest BCUT2D eigenvalue weighted by Gasteiger charge is -2.28. The number of rotatable bonds is 8. The summed E-state index contributed by atoms with van der Waals surface area (Å²) in [4.78, 5) is 48.3. The van der Waals surface area contributed by atoms with E-state index in [9.17, 15) is 24.7 Å². The summed E-state index contributed by atoms with van der Waals surface area (Å²) < 4.78 is 44.5. The molecule has 0 bridgehead atoms. The third-order valence-electron chi connectivity index (χ3n) is 7.20. The molecule has 42 heavy (non-hydrogen) atoms. The summed E-state index contributed by atoms with van der Waals surface area (Å²) >= 11 is 6.28. The molecule has 0 radical (unpaired) electrons. The van der Waals surface area contributed by atoms with Crippen molar-refractivity contribution in [1.29, 1.82) is 0 Å². The van der Waals surface area contributed by atoms with Gasteiger partial charge in [-0.15, -0.1) is 16.9 Å². The second kappa shape index (κ2) is 11.0. The van der Waals surface area contributed by atoms with Crippen LogP contribution in [0.3, 0.4) is 0 Å². The van der Waals surface area contributed by atoms with Crippen molar-refractivity contribution in [2.75, 3.05) is 18.9 Å². The smallest absolute Gasteiger partial charge is 0.282 e. The Hall–Kier alpha value is -2.84. The summed E-state index contributed by atoms with van der Waals surface area (Å²) in [6.07, 6.45) is -5.26. The van der Waals surface area contributed by atoms with Crippen LogP contribution >= 0.6 is 18.3 Å². The molecule has 4 aromatic rings. The predicted octanol–water partition coefficient (Wildman–Crippen LogP) is -0.547. The molecule has 0 spiro atoms. The molecule has 226 valence electrons. The van der Waals surface area contributed by atoms with Crippen molar-refractivity contribution >= 4 is 58.2 Å². The number of nitrogens with two attached hydrogens (primary N) is 1. The lowest BCUT2D eigenvalue weighted by molar-refractivity contribution is -0.0303. The molecule has 1 unspecified atom stereocenters. The van der Waals surface area contributed by atoms with Crippen molar-refractivity contribution < 1.29 is 33.1 Å². The van der Waals surface area contributed by atoms with Gasteiger partial charge in [0.25, 0.3) is 11.1 Å². The second-order valence-electron chi connectivity index (χ2n) is 9.72.